The van der Waals surface area contributed by atoms with Gasteiger partial charge in [-0.3, -0.25) is 14.3 Å². The van der Waals surface area contributed by atoms with E-state index < -0.39 is 15.8 Å². The summed E-state index contributed by atoms with van der Waals surface area (Å²) in [5.41, 5.74) is 0.459. The van der Waals surface area contributed by atoms with Crippen molar-refractivity contribution < 1.29 is 22.4 Å². The Labute approximate surface area is 195 Å². The monoisotopic (exact) mass is 487 g/mol. The number of halogens is 1. The summed E-state index contributed by atoms with van der Waals surface area (Å²) in [5, 5.41) is 0. The number of anilines is 1. The van der Waals surface area contributed by atoms with Gasteiger partial charge in [0.25, 0.3) is 21.8 Å². The maximum atomic E-state index is 13.1. The molecule has 1 fully saturated rings. The van der Waals surface area contributed by atoms with E-state index in [1.54, 1.807) is 15.9 Å². The third kappa shape index (κ3) is 5.23. The van der Waals surface area contributed by atoms with Gasteiger partial charge in [-0.2, -0.15) is 0 Å². The molecule has 1 aliphatic rings. The number of aryl methyl sites for hydroxylation is 1. The second-order valence-corrected chi connectivity index (χ2v) is 10.6. The summed E-state index contributed by atoms with van der Waals surface area (Å²) in [6, 6.07) is 14.4. The number of sulfonamides is 1. The minimum absolute atomic E-state index is 0.0415. The highest BCUT2D eigenvalue weighted by atomic mass is 32.2. The fourth-order valence-corrected chi connectivity index (χ4v) is 5.47. The van der Waals surface area contributed by atoms with Crippen LogP contribution < -0.4 is 4.72 Å². The number of benzene rings is 2. The molecule has 1 saturated heterocycles. The Balaban J connectivity index is 1.42. The summed E-state index contributed by atoms with van der Waals surface area (Å²) in [5.74, 6) is -0.814. The van der Waals surface area contributed by atoms with Crippen molar-refractivity contribution in [1.29, 1.82) is 0 Å². The smallest absolute Gasteiger partial charge is 0.264 e. The number of rotatable bonds is 5. The van der Waals surface area contributed by atoms with Crippen molar-refractivity contribution in [3.63, 3.8) is 0 Å². The molecule has 172 valence electrons. The van der Waals surface area contributed by atoms with Crippen molar-refractivity contribution in [2.24, 2.45) is 0 Å². The topological polar surface area (TPSA) is 86.8 Å². The van der Waals surface area contributed by atoms with Gasteiger partial charge in [0.1, 0.15) is 5.82 Å². The lowest BCUT2D eigenvalue weighted by atomic mass is 10.2. The molecule has 0 spiro atoms. The molecule has 4 rings (SSSR count). The number of nitrogens with zero attached hydrogens (tertiary/aromatic N) is 2. The summed E-state index contributed by atoms with van der Waals surface area (Å²) in [6.07, 6.45) is 0. The number of carbonyl (C=O) groups is 2. The minimum atomic E-state index is -3.96. The summed E-state index contributed by atoms with van der Waals surface area (Å²) in [6.45, 7) is 3.48. The van der Waals surface area contributed by atoms with Crippen molar-refractivity contribution in [1.82, 2.24) is 9.80 Å². The molecule has 1 aromatic heterocycles. The van der Waals surface area contributed by atoms with Crippen LogP contribution in [-0.4, -0.2) is 56.2 Å². The van der Waals surface area contributed by atoms with Gasteiger partial charge < -0.3 is 9.80 Å². The van der Waals surface area contributed by atoms with Crippen LogP contribution in [0.15, 0.2) is 65.6 Å². The first-order valence-electron chi connectivity index (χ1n) is 10.3. The number of piperazine rings is 1. The van der Waals surface area contributed by atoms with Crippen LogP contribution in [0.4, 0.5) is 10.1 Å². The summed E-state index contributed by atoms with van der Waals surface area (Å²) >= 11 is 1.45. The third-order valence-corrected chi connectivity index (χ3v) is 7.66. The molecule has 2 heterocycles. The molecular weight excluding hydrogens is 465 g/mol. The first-order valence-corrected chi connectivity index (χ1v) is 12.6. The zero-order valence-corrected chi connectivity index (χ0v) is 19.5. The summed E-state index contributed by atoms with van der Waals surface area (Å²) in [7, 11) is -3.96. The highest BCUT2D eigenvalue weighted by Gasteiger charge is 2.27. The molecule has 0 bridgehead atoms. The Hall–Kier alpha value is -3.24. The Bertz CT molecular complexity index is 1280. The SMILES string of the molecule is Cc1ccc(C(=O)N2CCN(C(=O)c3cccc(S(=O)(=O)Nc4ccc(F)cc4)c3)CC2)s1. The lowest BCUT2D eigenvalue weighted by molar-refractivity contribution is 0.0538. The second-order valence-electron chi connectivity index (χ2n) is 7.63. The van der Waals surface area contributed by atoms with Crippen molar-refractivity contribution in [2.45, 2.75) is 11.8 Å². The van der Waals surface area contributed by atoms with E-state index in [2.05, 4.69) is 4.72 Å². The standard InChI is InChI=1S/C23H22FN3O4S2/c1-16-5-10-21(32-16)23(29)27-13-11-26(12-14-27)22(28)17-3-2-4-20(15-17)33(30,31)25-19-8-6-18(24)7-9-19/h2-10,15,25H,11-14H2,1H3. The summed E-state index contributed by atoms with van der Waals surface area (Å²) < 4.78 is 40.9. The summed E-state index contributed by atoms with van der Waals surface area (Å²) in [4.78, 5) is 30.6. The predicted molar refractivity (Wildman–Crippen MR) is 125 cm³/mol. The number of hydrogen-bond acceptors (Lipinski definition) is 5. The van der Waals surface area contributed by atoms with Crippen LogP contribution in [0.2, 0.25) is 0 Å². The molecule has 0 radical (unpaired) electrons. The van der Waals surface area contributed by atoms with Gasteiger partial charge in [-0.25, -0.2) is 12.8 Å². The lowest BCUT2D eigenvalue weighted by Crippen LogP contribution is -2.50. The highest BCUT2D eigenvalue weighted by molar-refractivity contribution is 7.92. The molecule has 0 aliphatic carbocycles. The number of amides is 2. The van der Waals surface area contributed by atoms with E-state index in [4.69, 9.17) is 0 Å². The maximum absolute atomic E-state index is 13.1. The largest absolute Gasteiger partial charge is 0.335 e. The van der Waals surface area contributed by atoms with Crippen LogP contribution in [0.3, 0.4) is 0 Å². The molecular formula is C23H22FN3O4S2. The first kappa shape index (κ1) is 22.9. The van der Waals surface area contributed by atoms with Gasteiger partial charge in [0.15, 0.2) is 0 Å². The van der Waals surface area contributed by atoms with Crippen molar-refractivity contribution in [2.75, 3.05) is 30.9 Å². The van der Waals surface area contributed by atoms with Gasteiger partial charge in [0, 0.05) is 42.3 Å². The van der Waals surface area contributed by atoms with Gasteiger partial charge >= 0.3 is 0 Å². The molecule has 0 unspecified atom stereocenters. The Morgan fingerprint density at radius 2 is 1.55 bits per heavy atom. The highest BCUT2D eigenvalue weighted by Crippen LogP contribution is 2.21. The van der Waals surface area contributed by atoms with E-state index >= 15 is 0 Å². The molecule has 7 nitrogen and oxygen atoms in total. The van der Waals surface area contributed by atoms with E-state index in [1.807, 2.05) is 19.1 Å². The van der Waals surface area contributed by atoms with E-state index in [-0.39, 0.29) is 28.0 Å². The van der Waals surface area contributed by atoms with E-state index in [9.17, 15) is 22.4 Å². The maximum Gasteiger partial charge on any atom is 0.264 e. The Morgan fingerprint density at radius 1 is 0.909 bits per heavy atom. The third-order valence-electron chi connectivity index (χ3n) is 5.29. The molecule has 1 aliphatic heterocycles. The molecule has 2 aromatic carbocycles. The van der Waals surface area contributed by atoms with E-state index in [0.29, 0.717) is 31.1 Å². The van der Waals surface area contributed by atoms with Crippen LogP contribution in [0, 0.1) is 12.7 Å². The van der Waals surface area contributed by atoms with Crippen LogP contribution in [0.1, 0.15) is 24.9 Å². The van der Waals surface area contributed by atoms with Crippen LogP contribution in [0.25, 0.3) is 0 Å². The predicted octanol–water partition coefficient (Wildman–Crippen LogP) is 3.59. The van der Waals surface area contributed by atoms with E-state index in [1.165, 1.54) is 41.7 Å². The Morgan fingerprint density at radius 3 is 2.15 bits per heavy atom. The zero-order chi connectivity index (χ0) is 23.6. The minimum Gasteiger partial charge on any atom is -0.335 e. The average molecular weight is 488 g/mol. The van der Waals surface area contributed by atoms with Crippen molar-refractivity contribution in [3.05, 3.63) is 81.8 Å². The molecule has 2 amide bonds. The number of thiophene rings is 1. The second kappa shape index (κ2) is 9.32. The molecule has 0 saturated carbocycles. The fourth-order valence-electron chi connectivity index (χ4n) is 3.53. The number of carbonyl (C=O) groups excluding carboxylic acids is 2. The molecule has 10 heteroatoms. The molecule has 1 N–H and O–H groups in total. The van der Waals surface area contributed by atoms with Crippen LogP contribution in [-0.2, 0) is 10.0 Å². The molecule has 0 atom stereocenters. The quantitative estimate of drug-likeness (QED) is 0.596. The van der Waals surface area contributed by atoms with Crippen molar-refractivity contribution in [3.8, 4) is 0 Å². The van der Waals surface area contributed by atoms with Gasteiger partial charge in [-0.05, 0) is 61.5 Å². The van der Waals surface area contributed by atoms with E-state index in [0.717, 1.165) is 17.0 Å². The fraction of sp³-hybridized carbons (Fsp3) is 0.217. The normalized spacial score (nSPS) is 14.2. The first-order chi connectivity index (χ1) is 15.7. The van der Waals surface area contributed by atoms with Gasteiger partial charge in [0.2, 0.25) is 0 Å². The number of hydrogen-bond donors (Lipinski definition) is 1. The average Bonchev–Trinajstić information content (AvgIpc) is 3.26. The van der Waals surface area contributed by atoms with Gasteiger partial charge in [-0.15, -0.1) is 11.3 Å². The molecule has 33 heavy (non-hydrogen) atoms. The Kier molecular flexibility index (Phi) is 6.48. The van der Waals surface area contributed by atoms with Crippen LogP contribution in [0.5, 0.6) is 0 Å². The van der Waals surface area contributed by atoms with Crippen LogP contribution >= 0.6 is 11.3 Å². The number of nitrogens with one attached hydrogen (secondary N) is 1. The molecule has 3 aromatic rings. The zero-order valence-electron chi connectivity index (χ0n) is 17.8. The van der Waals surface area contributed by atoms with Gasteiger partial charge in [0.05, 0.1) is 9.77 Å². The van der Waals surface area contributed by atoms with Crippen molar-refractivity contribution >= 4 is 38.9 Å². The lowest BCUT2D eigenvalue weighted by Gasteiger charge is -2.34. The van der Waals surface area contributed by atoms with Gasteiger partial charge in [-0.1, -0.05) is 6.07 Å².